The Morgan fingerprint density at radius 3 is 2.64 bits per heavy atom. The second-order valence-corrected chi connectivity index (χ2v) is 6.09. The fourth-order valence-corrected chi connectivity index (χ4v) is 2.81. The lowest BCUT2D eigenvalue weighted by Crippen LogP contribution is -2.27. The Bertz CT molecular complexity index is 993. The van der Waals surface area contributed by atoms with Crippen LogP contribution in [-0.2, 0) is 6.42 Å². The largest absolute Gasteiger partial charge is 0.497 e. The zero-order valence-electron chi connectivity index (χ0n) is 15.6. The van der Waals surface area contributed by atoms with Gasteiger partial charge < -0.3 is 15.4 Å². The first-order valence-electron chi connectivity index (χ1n) is 8.91. The van der Waals surface area contributed by atoms with Gasteiger partial charge in [0.05, 0.1) is 12.6 Å². The minimum absolute atomic E-state index is 0.165. The molecule has 0 unspecified atom stereocenters. The molecular weight excluding hydrogens is 356 g/mol. The van der Waals surface area contributed by atoms with E-state index in [1.807, 2.05) is 24.3 Å². The summed E-state index contributed by atoms with van der Waals surface area (Å²) in [5.74, 6) is 0.274. The molecule has 3 aromatic rings. The zero-order chi connectivity index (χ0) is 19.9. The molecule has 2 N–H and O–H groups in total. The van der Waals surface area contributed by atoms with Gasteiger partial charge in [0.15, 0.2) is 5.69 Å². The maximum absolute atomic E-state index is 12.6. The third-order valence-corrected chi connectivity index (χ3v) is 4.23. The summed E-state index contributed by atoms with van der Waals surface area (Å²) in [6.45, 7) is 4.35. The summed E-state index contributed by atoms with van der Waals surface area (Å²) in [4.78, 5) is 29.2. The number of pyridine rings is 1. The molecule has 0 radical (unpaired) electrons. The molecule has 3 rings (SSSR count). The topological polar surface area (TPSA) is 84.7 Å². The molecule has 0 bridgehead atoms. The number of benzene rings is 1. The van der Waals surface area contributed by atoms with Gasteiger partial charge >= 0.3 is 0 Å². The van der Waals surface area contributed by atoms with Crippen molar-refractivity contribution < 1.29 is 14.3 Å². The lowest BCUT2D eigenvalue weighted by Gasteiger charge is -2.05. The van der Waals surface area contributed by atoms with Gasteiger partial charge in [0, 0.05) is 19.3 Å². The summed E-state index contributed by atoms with van der Waals surface area (Å²) < 4.78 is 6.75. The highest BCUT2D eigenvalue weighted by Crippen LogP contribution is 2.14. The summed E-state index contributed by atoms with van der Waals surface area (Å²) >= 11 is 0. The SMILES string of the molecule is C=CCNC(=O)c1nc(C(=O)NCCc2ccc(OC)cc2)c2ccccn12. The molecule has 2 amide bonds. The molecule has 0 spiro atoms. The number of methoxy groups -OCH3 is 1. The number of hydrogen-bond donors (Lipinski definition) is 2. The van der Waals surface area contributed by atoms with E-state index in [1.54, 1.807) is 42.0 Å². The molecule has 28 heavy (non-hydrogen) atoms. The lowest BCUT2D eigenvalue weighted by atomic mass is 10.1. The van der Waals surface area contributed by atoms with Crippen LogP contribution in [0.25, 0.3) is 5.52 Å². The number of nitrogens with one attached hydrogen (secondary N) is 2. The van der Waals surface area contributed by atoms with Crippen LogP contribution in [0.2, 0.25) is 0 Å². The van der Waals surface area contributed by atoms with Crippen molar-refractivity contribution in [3.05, 3.63) is 78.4 Å². The van der Waals surface area contributed by atoms with Crippen molar-refractivity contribution in [2.24, 2.45) is 0 Å². The molecule has 0 aliphatic rings. The fraction of sp³-hybridized carbons (Fsp3) is 0.190. The summed E-state index contributed by atoms with van der Waals surface area (Å²) in [5.41, 5.74) is 1.88. The van der Waals surface area contributed by atoms with Crippen LogP contribution < -0.4 is 15.4 Å². The summed E-state index contributed by atoms with van der Waals surface area (Å²) in [6, 6.07) is 13.0. The van der Waals surface area contributed by atoms with E-state index in [0.717, 1.165) is 11.3 Å². The molecular formula is C21H22N4O3. The van der Waals surface area contributed by atoms with Gasteiger partial charge in [-0.2, -0.15) is 0 Å². The first-order chi connectivity index (χ1) is 13.6. The van der Waals surface area contributed by atoms with Crippen molar-refractivity contribution in [3.8, 4) is 5.75 Å². The van der Waals surface area contributed by atoms with Gasteiger partial charge in [0.1, 0.15) is 5.75 Å². The number of rotatable bonds is 8. The Balaban J connectivity index is 1.72. The van der Waals surface area contributed by atoms with Crippen molar-refractivity contribution in [3.63, 3.8) is 0 Å². The van der Waals surface area contributed by atoms with E-state index in [9.17, 15) is 9.59 Å². The molecule has 0 fully saturated rings. The minimum Gasteiger partial charge on any atom is -0.497 e. The number of imidazole rings is 1. The van der Waals surface area contributed by atoms with Crippen LogP contribution in [0.1, 0.15) is 26.7 Å². The molecule has 144 valence electrons. The van der Waals surface area contributed by atoms with Crippen LogP contribution in [0.5, 0.6) is 5.75 Å². The Labute approximate surface area is 163 Å². The number of carbonyl (C=O) groups excluding carboxylic acids is 2. The average Bonchev–Trinajstić information content (AvgIpc) is 3.12. The van der Waals surface area contributed by atoms with E-state index >= 15 is 0 Å². The van der Waals surface area contributed by atoms with Crippen molar-refractivity contribution in [2.45, 2.75) is 6.42 Å². The van der Waals surface area contributed by atoms with Crippen LogP contribution in [0.4, 0.5) is 0 Å². The van der Waals surface area contributed by atoms with Crippen molar-refractivity contribution >= 4 is 17.3 Å². The maximum atomic E-state index is 12.6. The van der Waals surface area contributed by atoms with E-state index in [0.29, 0.717) is 25.0 Å². The number of nitrogens with zero attached hydrogens (tertiary/aromatic N) is 2. The van der Waals surface area contributed by atoms with Gasteiger partial charge in [-0.25, -0.2) is 4.98 Å². The zero-order valence-corrected chi connectivity index (χ0v) is 15.6. The maximum Gasteiger partial charge on any atom is 0.287 e. The number of aromatic nitrogens is 2. The standard InChI is InChI=1S/C21H22N4O3/c1-3-12-22-21(27)19-24-18(17-6-4-5-14-25(17)19)20(26)23-13-11-15-7-9-16(28-2)10-8-15/h3-10,14H,1,11-13H2,2H3,(H,22,27)(H,23,26). The summed E-state index contributed by atoms with van der Waals surface area (Å²) in [7, 11) is 1.62. The lowest BCUT2D eigenvalue weighted by molar-refractivity contribution is 0.0947. The van der Waals surface area contributed by atoms with Gasteiger partial charge in [0.2, 0.25) is 5.82 Å². The first kappa shape index (κ1) is 19.2. The third-order valence-electron chi connectivity index (χ3n) is 4.23. The first-order valence-corrected chi connectivity index (χ1v) is 8.91. The number of fused-ring (bicyclic) bond motifs is 1. The molecule has 0 saturated carbocycles. The van der Waals surface area contributed by atoms with Crippen molar-refractivity contribution in [1.82, 2.24) is 20.0 Å². The molecule has 0 aliphatic heterocycles. The molecule has 0 saturated heterocycles. The van der Waals surface area contributed by atoms with Crippen LogP contribution in [0, 0.1) is 0 Å². The Hall–Kier alpha value is -3.61. The van der Waals surface area contributed by atoms with Crippen molar-refractivity contribution in [1.29, 1.82) is 0 Å². The Morgan fingerprint density at radius 1 is 1.14 bits per heavy atom. The van der Waals surface area contributed by atoms with E-state index in [-0.39, 0.29) is 23.3 Å². The van der Waals surface area contributed by atoms with Crippen LogP contribution in [-0.4, -0.2) is 41.4 Å². The monoisotopic (exact) mass is 378 g/mol. The number of amides is 2. The quantitative estimate of drug-likeness (QED) is 0.589. The van der Waals surface area contributed by atoms with Gasteiger partial charge in [0.25, 0.3) is 11.8 Å². The molecule has 2 aromatic heterocycles. The average molecular weight is 378 g/mol. The van der Waals surface area contributed by atoms with Crippen LogP contribution in [0.15, 0.2) is 61.3 Å². The predicted molar refractivity (Wildman–Crippen MR) is 107 cm³/mol. The van der Waals surface area contributed by atoms with E-state index in [4.69, 9.17) is 4.74 Å². The van der Waals surface area contributed by atoms with Gasteiger partial charge in [-0.05, 0) is 36.2 Å². The number of ether oxygens (including phenoxy) is 1. The van der Waals surface area contributed by atoms with E-state index in [2.05, 4.69) is 22.2 Å². The van der Waals surface area contributed by atoms with Gasteiger partial charge in [-0.15, -0.1) is 6.58 Å². The predicted octanol–water partition coefficient (Wildman–Crippen LogP) is 2.23. The smallest absolute Gasteiger partial charge is 0.287 e. The number of carbonyl (C=O) groups is 2. The second-order valence-electron chi connectivity index (χ2n) is 6.09. The third kappa shape index (κ3) is 4.20. The molecule has 7 heteroatoms. The van der Waals surface area contributed by atoms with Crippen LogP contribution >= 0.6 is 0 Å². The number of hydrogen-bond acceptors (Lipinski definition) is 4. The van der Waals surface area contributed by atoms with Gasteiger partial charge in [-0.1, -0.05) is 24.3 Å². The Morgan fingerprint density at radius 2 is 1.93 bits per heavy atom. The Kier molecular flexibility index (Phi) is 6.06. The highest BCUT2D eigenvalue weighted by Gasteiger charge is 2.20. The summed E-state index contributed by atoms with van der Waals surface area (Å²) in [6.07, 6.45) is 3.97. The van der Waals surface area contributed by atoms with E-state index < -0.39 is 0 Å². The van der Waals surface area contributed by atoms with Crippen LogP contribution in [0.3, 0.4) is 0 Å². The normalized spacial score (nSPS) is 10.5. The molecule has 7 nitrogen and oxygen atoms in total. The highest BCUT2D eigenvalue weighted by molar-refractivity contribution is 6.02. The minimum atomic E-state index is -0.363. The molecule has 2 heterocycles. The van der Waals surface area contributed by atoms with Crippen molar-refractivity contribution in [2.75, 3.05) is 20.2 Å². The van der Waals surface area contributed by atoms with E-state index in [1.165, 1.54) is 0 Å². The second kappa shape index (κ2) is 8.85. The molecule has 0 atom stereocenters. The summed E-state index contributed by atoms with van der Waals surface area (Å²) in [5, 5.41) is 5.55. The highest BCUT2D eigenvalue weighted by atomic mass is 16.5. The molecule has 0 aliphatic carbocycles. The van der Waals surface area contributed by atoms with Gasteiger partial charge in [-0.3, -0.25) is 14.0 Å². The fourth-order valence-electron chi connectivity index (χ4n) is 2.81. The molecule has 1 aromatic carbocycles.